The molecule has 0 aliphatic carbocycles. The zero-order chi connectivity index (χ0) is 22.5. The highest BCUT2D eigenvalue weighted by molar-refractivity contribution is 6.14. The van der Waals surface area contributed by atoms with Crippen molar-refractivity contribution in [3.8, 4) is 17.2 Å². The summed E-state index contributed by atoms with van der Waals surface area (Å²) in [7, 11) is 2.14. The Morgan fingerprint density at radius 2 is 1.78 bits per heavy atom. The third-order valence-corrected chi connectivity index (χ3v) is 6.45. The van der Waals surface area contributed by atoms with Gasteiger partial charge in [-0.25, -0.2) is 4.98 Å². The van der Waals surface area contributed by atoms with Crippen molar-refractivity contribution in [1.82, 2.24) is 14.6 Å². The number of hydrogen-bond acceptors (Lipinski definition) is 7. The van der Waals surface area contributed by atoms with Gasteiger partial charge in [-0.2, -0.15) is 4.52 Å². The molecule has 1 saturated heterocycles. The highest BCUT2D eigenvalue weighted by Crippen LogP contribution is 2.36. The number of hydrogen-bond donors (Lipinski definition) is 0. The second-order valence-electron chi connectivity index (χ2n) is 8.89. The number of nitrogens with zero attached hydrogens (tertiary/aromatic N) is 4. The molecule has 2 aliphatic heterocycles. The summed E-state index contributed by atoms with van der Waals surface area (Å²) < 4.78 is 19.1. The topological polar surface area (TPSA) is 78.2 Å². The standard InChI is InChI=1S/C23H27BN4O4/c1-14-12-20-25-16(3)15(2)22(29)28(20)26-21(14)27-8-6-23(24,7-9-27)32-17-4-5-18-19(13-17)31-11-10-30-18/h4-5,12-13H,6-11,24H2,1-3H3. The lowest BCUT2D eigenvalue weighted by atomic mass is 9.73. The molecule has 3 aromatic rings. The minimum atomic E-state index is -0.295. The Bertz CT molecular complexity index is 1250. The molecule has 32 heavy (non-hydrogen) atoms. The van der Waals surface area contributed by atoms with E-state index in [1.54, 1.807) is 6.92 Å². The van der Waals surface area contributed by atoms with Gasteiger partial charge < -0.3 is 19.1 Å². The minimum absolute atomic E-state index is 0.113. The van der Waals surface area contributed by atoms with Crippen LogP contribution in [0.1, 0.15) is 29.7 Å². The molecule has 0 spiro atoms. The van der Waals surface area contributed by atoms with Crippen molar-refractivity contribution < 1.29 is 14.2 Å². The summed E-state index contributed by atoms with van der Waals surface area (Å²) in [5.74, 6) is 3.10. The third-order valence-electron chi connectivity index (χ3n) is 6.45. The maximum absolute atomic E-state index is 12.7. The summed E-state index contributed by atoms with van der Waals surface area (Å²) in [4.78, 5) is 19.5. The fraction of sp³-hybridized carbons (Fsp3) is 0.435. The van der Waals surface area contributed by atoms with Gasteiger partial charge in [0.25, 0.3) is 5.56 Å². The lowest BCUT2D eigenvalue weighted by molar-refractivity contribution is 0.124. The maximum Gasteiger partial charge on any atom is 0.277 e. The molecule has 5 rings (SSSR count). The summed E-state index contributed by atoms with van der Waals surface area (Å²) >= 11 is 0. The van der Waals surface area contributed by atoms with Gasteiger partial charge in [0.15, 0.2) is 30.8 Å². The predicted molar refractivity (Wildman–Crippen MR) is 124 cm³/mol. The van der Waals surface area contributed by atoms with Crippen LogP contribution in [-0.2, 0) is 0 Å². The first-order chi connectivity index (χ1) is 15.3. The average molecular weight is 434 g/mol. The van der Waals surface area contributed by atoms with Crippen LogP contribution in [0.25, 0.3) is 5.65 Å². The van der Waals surface area contributed by atoms with Crippen LogP contribution in [0, 0.1) is 20.8 Å². The Morgan fingerprint density at radius 3 is 2.53 bits per heavy atom. The summed E-state index contributed by atoms with van der Waals surface area (Å²) in [6.07, 6.45) is 1.67. The van der Waals surface area contributed by atoms with E-state index < -0.39 is 0 Å². The van der Waals surface area contributed by atoms with Gasteiger partial charge in [0.05, 0.1) is 5.50 Å². The van der Waals surface area contributed by atoms with Gasteiger partial charge in [-0.15, -0.1) is 5.10 Å². The third kappa shape index (κ3) is 3.65. The predicted octanol–water partition coefficient (Wildman–Crippen LogP) is 1.79. The maximum atomic E-state index is 12.7. The molecular weight excluding hydrogens is 407 g/mol. The second-order valence-corrected chi connectivity index (χ2v) is 8.89. The molecule has 0 bridgehead atoms. The Labute approximate surface area is 187 Å². The molecule has 4 heterocycles. The molecule has 0 saturated carbocycles. The molecule has 0 N–H and O–H groups in total. The van der Waals surface area contributed by atoms with E-state index in [0.717, 1.165) is 60.3 Å². The van der Waals surface area contributed by atoms with Crippen molar-refractivity contribution in [2.45, 2.75) is 39.1 Å². The van der Waals surface area contributed by atoms with E-state index >= 15 is 0 Å². The van der Waals surface area contributed by atoms with Gasteiger partial charge in [0, 0.05) is 30.4 Å². The largest absolute Gasteiger partial charge is 0.496 e. The van der Waals surface area contributed by atoms with Crippen LogP contribution in [0.2, 0.25) is 0 Å². The van der Waals surface area contributed by atoms with Crippen LogP contribution in [0.15, 0.2) is 29.1 Å². The Morgan fingerprint density at radius 1 is 1.06 bits per heavy atom. The highest BCUT2D eigenvalue weighted by Gasteiger charge is 2.33. The normalized spacial score (nSPS) is 17.4. The lowest BCUT2D eigenvalue weighted by Gasteiger charge is -2.40. The van der Waals surface area contributed by atoms with Crippen LogP contribution in [0.4, 0.5) is 5.82 Å². The molecule has 8 nitrogen and oxygen atoms in total. The fourth-order valence-corrected chi connectivity index (χ4v) is 4.32. The molecule has 0 unspecified atom stereocenters. The lowest BCUT2D eigenvalue weighted by Crippen LogP contribution is -2.49. The first-order valence-corrected chi connectivity index (χ1v) is 11.0. The molecule has 1 aromatic carbocycles. The summed E-state index contributed by atoms with van der Waals surface area (Å²) in [5, 5.41) is 4.68. The van der Waals surface area contributed by atoms with Gasteiger partial charge >= 0.3 is 0 Å². The van der Waals surface area contributed by atoms with E-state index in [0.29, 0.717) is 24.4 Å². The van der Waals surface area contributed by atoms with E-state index in [1.807, 2.05) is 38.1 Å². The van der Waals surface area contributed by atoms with Crippen molar-refractivity contribution in [2.24, 2.45) is 0 Å². The molecular formula is C23H27BN4O4. The minimum Gasteiger partial charge on any atom is -0.496 e. The first-order valence-electron chi connectivity index (χ1n) is 11.0. The number of aromatic nitrogens is 3. The summed E-state index contributed by atoms with van der Waals surface area (Å²) in [6.45, 7) is 8.36. The smallest absolute Gasteiger partial charge is 0.277 e. The zero-order valence-electron chi connectivity index (χ0n) is 19.0. The molecule has 2 aromatic heterocycles. The number of benzene rings is 1. The fourth-order valence-electron chi connectivity index (χ4n) is 4.32. The number of rotatable bonds is 3. The number of anilines is 1. The quantitative estimate of drug-likeness (QED) is 0.582. The average Bonchev–Trinajstić information content (AvgIpc) is 2.78. The molecule has 166 valence electrons. The van der Waals surface area contributed by atoms with Crippen LogP contribution < -0.4 is 24.7 Å². The van der Waals surface area contributed by atoms with Crippen molar-refractivity contribution in [2.75, 3.05) is 31.2 Å². The molecule has 0 radical (unpaired) electrons. The van der Waals surface area contributed by atoms with Crippen LogP contribution >= 0.6 is 0 Å². The van der Waals surface area contributed by atoms with Crippen LogP contribution in [-0.4, -0.2) is 54.2 Å². The Hall–Kier alpha value is -3.23. The molecule has 1 fully saturated rings. The SMILES string of the molecule is BC1(Oc2ccc3c(c2)OCCO3)CCN(c2nn3c(=O)c(C)c(C)nc3cc2C)CC1. The van der Waals surface area contributed by atoms with E-state index in [4.69, 9.17) is 14.2 Å². The van der Waals surface area contributed by atoms with Crippen molar-refractivity contribution in [1.29, 1.82) is 0 Å². The van der Waals surface area contributed by atoms with E-state index in [2.05, 4.69) is 22.8 Å². The van der Waals surface area contributed by atoms with Gasteiger partial charge in [-0.05, 0) is 57.4 Å². The number of fused-ring (bicyclic) bond motifs is 2. The molecule has 0 atom stereocenters. The van der Waals surface area contributed by atoms with Crippen molar-refractivity contribution >= 4 is 19.3 Å². The van der Waals surface area contributed by atoms with Gasteiger partial charge in [0.2, 0.25) is 0 Å². The monoisotopic (exact) mass is 434 g/mol. The summed E-state index contributed by atoms with van der Waals surface area (Å²) in [5.41, 5.74) is 2.56. The van der Waals surface area contributed by atoms with Crippen LogP contribution in [0.3, 0.4) is 0 Å². The molecule has 2 aliphatic rings. The molecule has 0 amide bonds. The second kappa shape index (κ2) is 7.72. The first kappa shape index (κ1) is 20.7. The van der Waals surface area contributed by atoms with Crippen molar-refractivity contribution in [3.63, 3.8) is 0 Å². The van der Waals surface area contributed by atoms with E-state index in [-0.39, 0.29) is 11.1 Å². The number of piperidine rings is 1. The summed E-state index contributed by atoms with van der Waals surface area (Å²) in [6, 6.07) is 7.69. The molecule has 9 heteroatoms. The van der Waals surface area contributed by atoms with Crippen molar-refractivity contribution in [3.05, 3.63) is 51.4 Å². The van der Waals surface area contributed by atoms with Gasteiger partial charge in [-0.1, -0.05) is 0 Å². The number of aryl methyl sites for hydroxylation is 2. The Balaban J connectivity index is 1.34. The number of ether oxygens (including phenoxy) is 3. The van der Waals surface area contributed by atoms with E-state index in [9.17, 15) is 4.79 Å². The zero-order valence-corrected chi connectivity index (χ0v) is 19.0. The van der Waals surface area contributed by atoms with Gasteiger partial charge in [0.1, 0.15) is 19.0 Å². The highest BCUT2D eigenvalue weighted by atomic mass is 16.6. The Kier molecular flexibility index (Phi) is 4.99. The van der Waals surface area contributed by atoms with E-state index in [1.165, 1.54) is 4.52 Å². The van der Waals surface area contributed by atoms with Crippen LogP contribution in [0.5, 0.6) is 17.2 Å². The van der Waals surface area contributed by atoms with Gasteiger partial charge in [-0.3, -0.25) is 4.79 Å².